The minimum atomic E-state index is -0.301. The molecule has 244 valence electrons. The lowest BCUT2D eigenvalue weighted by Crippen LogP contribution is -2.39. The molecule has 0 aliphatic carbocycles. The number of anilines is 2. The maximum absolute atomic E-state index is 11.5. The Hall–Kier alpha value is -5.65. The number of phenols is 1. The highest BCUT2D eigenvalue weighted by Gasteiger charge is 2.43. The minimum Gasteiger partial charge on any atom is -0.507 e. The molecule has 3 atom stereocenters. The van der Waals surface area contributed by atoms with E-state index in [9.17, 15) is 5.11 Å². The van der Waals surface area contributed by atoms with Crippen molar-refractivity contribution in [2.45, 2.75) is 18.1 Å². The summed E-state index contributed by atoms with van der Waals surface area (Å²) in [5.41, 5.74) is 6.87. The first-order valence-electron chi connectivity index (χ1n) is 16.3. The Bertz CT molecular complexity index is 2020. The Morgan fingerprint density at radius 3 is 1.57 bits per heavy atom. The molecule has 0 saturated heterocycles. The van der Waals surface area contributed by atoms with Gasteiger partial charge in [0.25, 0.3) is 0 Å². The van der Waals surface area contributed by atoms with Gasteiger partial charge in [-0.25, -0.2) is 0 Å². The first-order chi connectivity index (χ1) is 24.1. The van der Waals surface area contributed by atoms with Gasteiger partial charge in [-0.3, -0.25) is 0 Å². The quantitative estimate of drug-likeness (QED) is 0.175. The van der Waals surface area contributed by atoms with Gasteiger partial charge >= 0.3 is 0 Å². The van der Waals surface area contributed by atoms with Crippen LogP contribution in [0, 0.1) is 0 Å². The molecule has 49 heavy (non-hydrogen) atoms. The van der Waals surface area contributed by atoms with Gasteiger partial charge in [-0.15, -0.1) is 0 Å². The molecular weight excluding hydrogens is 628 g/mol. The van der Waals surface area contributed by atoms with Crippen LogP contribution in [0.15, 0.2) is 164 Å². The average Bonchev–Trinajstić information content (AvgIpc) is 3.31. The normalized spacial score (nSPS) is 17.6. The van der Waals surface area contributed by atoms with Gasteiger partial charge < -0.3 is 24.4 Å². The molecule has 6 aromatic carbocycles. The highest BCUT2D eigenvalue weighted by atomic mass is 35.5. The van der Waals surface area contributed by atoms with Crippen LogP contribution in [0.5, 0.6) is 17.2 Å². The fourth-order valence-corrected chi connectivity index (χ4v) is 6.96. The average molecular weight is 665 g/mol. The molecule has 0 aromatic heterocycles. The van der Waals surface area contributed by atoms with Crippen LogP contribution in [0.25, 0.3) is 5.70 Å². The van der Waals surface area contributed by atoms with Crippen LogP contribution in [0.3, 0.4) is 0 Å². The largest absolute Gasteiger partial charge is 0.507 e. The van der Waals surface area contributed by atoms with Gasteiger partial charge in [0, 0.05) is 22.0 Å². The molecule has 1 aliphatic rings. The summed E-state index contributed by atoms with van der Waals surface area (Å²) in [6.07, 6.45) is 2.28. The maximum Gasteiger partial charge on any atom is 0.124 e. The molecule has 5 nitrogen and oxygen atoms in total. The van der Waals surface area contributed by atoms with Crippen LogP contribution < -0.4 is 19.3 Å². The summed E-state index contributed by atoms with van der Waals surface area (Å²) in [6, 6.07) is 52.4. The standard InChI is InChI=1S/C43H37ClN2O3/c1-48-36-25-19-31(20-26-36)42-43(32-21-27-37(49-2)28-22-32)46(35-13-7-4-8-14-35)40(38-15-9-10-16-41(38)47)29-39(30-17-23-33(44)24-18-30)45(42)34-11-5-3-6-12-34/h3-29,39,42-43,47H,1-2H3/t39?,42-,43-/m0/s1. The molecule has 6 aromatic rings. The SMILES string of the molecule is COc1ccc([C@H]2[C@H](c3ccc(OC)cc3)N(c3ccccc3)C(c3ccc(Cl)cc3)C=C(c3ccccc3O)N2c2ccccc2)cc1. The van der Waals surface area contributed by atoms with Crippen LogP contribution in [0.1, 0.15) is 40.4 Å². The Morgan fingerprint density at radius 1 is 0.531 bits per heavy atom. The van der Waals surface area contributed by atoms with E-state index in [-0.39, 0.29) is 23.9 Å². The van der Waals surface area contributed by atoms with Gasteiger partial charge in [-0.2, -0.15) is 0 Å². The number of rotatable bonds is 8. The number of methoxy groups -OCH3 is 2. The second-order valence-electron chi connectivity index (χ2n) is 11.9. The zero-order chi connectivity index (χ0) is 33.7. The third kappa shape index (κ3) is 6.46. The van der Waals surface area contributed by atoms with E-state index < -0.39 is 0 Å². The van der Waals surface area contributed by atoms with E-state index in [0.717, 1.165) is 50.8 Å². The van der Waals surface area contributed by atoms with Crippen molar-refractivity contribution in [3.8, 4) is 17.2 Å². The van der Waals surface area contributed by atoms with E-state index in [2.05, 4.69) is 101 Å². The molecule has 7 rings (SSSR count). The summed E-state index contributed by atoms with van der Waals surface area (Å²) in [7, 11) is 3.37. The van der Waals surface area contributed by atoms with Crippen LogP contribution in [-0.4, -0.2) is 19.3 Å². The van der Waals surface area contributed by atoms with Crippen LogP contribution >= 0.6 is 11.6 Å². The number of hydrogen-bond acceptors (Lipinski definition) is 5. The summed E-state index contributed by atoms with van der Waals surface area (Å²) in [4.78, 5) is 4.86. The minimum absolute atomic E-state index is 0.201. The molecule has 0 spiro atoms. The molecular formula is C43H37ClN2O3. The van der Waals surface area contributed by atoms with Crippen molar-refractivity contribution in [3.63, 3.8) is 0 Å². The molecule has 0 amide bonds. The number of aromatic hydroxyl groups is 1. The first-order valence-corrected chi connectivity index (χ1v) is 16.6. The van der Waals surface area contributed by atoms with E-state index in [1.807, 2.05) is 66.7 Å². The predicted octanol–water partition coefficient (Wildman–Crippen LogP) is 10.7. The molecule has 1 N–H and O–H groups in total. The second kappa shape index (κ2) is 14.2. The molecule has 1 unspecified atom stereocenters. The molecule has 6 heteroatoms. The molecule has 1 aliphatic heterocycles. The smallest absolute Gasteiger partial charge is 0.124 e. The number of ether oxygens (including phenoxy) is 2. The van der Waals surface area contributed by atoms with Gasteiger partial charge in [0.2, 0.25) is 0 Å². The number of nitrogens with zero attached hydrogens (tertiary/aromatic N) is 2. The molecule has 0 fully saturated rings. The maximum atomic E-state index is 11.5. The zero-order valence-electron chi connectivity index (χ0n) is 27.4. The lowest BCUT2D eigenvalue weighted by Gasteiger charge is -2.45. The van der Waals surface area contributed by atoms with E-state index in [1.165, 1.54) is 0 Å². The summed E-state index contributed by atoms with van der Waals surface area (Å²) in [5.74, 6) is 1.76. The van der Waals surface area contributed by atoms with Gasteiger partial charge in [-0.1, -0.05) is 96.5 Å². The number of para-hydroxylation sites is 3. The number of phenolic OH excluding ortho intramolecular Hbond substituents is 1. The summed E-state index contributed by atoms with van der Waals surface area (Å²) < 4.78 is 11.2. The van der Waals surface area contributed by atoms with E-state index in [1.54, 1.807) is 20.3 Å². The topological polar surface area (TPSA) is 45.2 Å². The molecule has 1 heterocycles. The molecule has 0 radical (unpaired) electrons. The summed E-state index contributed by atoms with van der Waals surface area (Å²) in [6.45, 7) is 0. The Labute approximate surface area is 292 Å². The highest BCUT2D eigenvalue weighted by Crippen LogP contribution is 2.53. The van der Waals surface area contributed by atoms with Gasteiger partial charge in [0.05, 0.1) is 38.0 Å². The molecule has 0 bridgehead atoms. The number of hydrogen-bond donors (Lipinski definition) is 1. The van der Waals surface area contributed by atoms with Crippen molar-refractivity contribution in [3.05, 3.63) is 191 Å². The zero-order valence-corrected chi connectivity index (χ0v) is 28.1. The third-order valence-corrected chi connectivity index (χ3v) is 9.40. The lowest BCUT2D eigenvalue weighted by molar-refractivity contribution is 0.413. The van der Waals surface area contributed by atoms with Gasteiger partial charge in [0.15, 0.2) is 0 Å². The van der Waals surface area contributed by atoms with Crippen LogP contribution in [0.4, 0.5) is 11.4 Å². The van der Waals surface area contributed by atoms with Crippen molar-refractivity contribution in [2.24, 2.45) is 0 Å². The van der Waals surface area contributed by atoms with Crippen molar-refractivity contribution >= 4 is 28.7 Å². The Balaban J connectivity index is 1.62. The van der Waals surface area contributed by atoms with Crippen molar-refractivity contribution in [1.82, 2.24) is 0 Å². The predicted molar refractivity (Wildman–Crippen MR) is 200 cm³/mol. The fraction of sp³-hybridized carbons (Fsp3) is 0.116. The Morgan fingerprint density at radius 2 is 1.02 bits per heavy atom. The van der Waals surface area contributed by atoms with E-state index in [4.69, 9.17) is 21.1 Å². The van der Waals surface area contributed by atoms with E-state index in [0.29, 0.717) is 5.02 Å². The lowest BCUT2D eigenvalue weighted by atomic mass is 9.88. The van der Waals surface area contributed by atoms with Crippen molar-refractivity contribution < 1.29 is 14.6 Å². The van der Waals surface area contributed by atoms with E-state index >= 15 is 0 Å². The number of benzene rings is 6. The van der Waals surface area contributed by atoms with Crippen molar-refractivity contribution in [2.75, 3.05) is 24.0 Å². The van der Waals surface area contributed by atoms with Crippen LogP contribution in [0.2, 0.25) is 5.02 Å². The second-order valence-corrected chi connectivity index (χ2v) is 12.4. The van der Waals surface area contributed by atoms with Gasteiger partial charge in [0.1, 0.15) is 17.2 Å². The Kier molecular flexibility index (Phi) is 9.27. The summed E-state index contributed by atoms with van der Waals surface area (Å²) in [5, 5.41) is 12.2. The van der Waals surface area contributed by atoms with Crippen LogP contribution in [-0.2, 0) is 0 Å². The third-order valence-electron chi connectivity index (χ3n) is 9.15. The monoisotopic (exact) mass is 664 g/mol. The summed E-state index contributed by atoms with van der Waals surface area (Å²) >= 11 is 6.47. The number of halogens is 1. The van der Waals surface area contributed by atoms with Crippen molar-refractivity contribution in [1.29, 1.82) is 0 Å². The first kappa shape index (κ1) is 31.9. The van der Waals surface area contributed by atoms with Gasteiger partial charge in [-0.05, 0) is 95.6 Å². The molecule has 0 saturated carbocycles. The highest BCUT2D eigenvalue weighted by molar-refractivity contribution is 6.30. The fourth-order valence-electron chi connectivity index (χ4n) is 6.84.